The summed E-state index contributed by atoms with van der Waals surface area (Å²) in [6.07, 6.45) is 10.7. The van der Waals surface area contributed by atoms with Gasteiger partial charge in [-0.15, -0.1) is 0 Å². The Labute approximate surface area is 214 Å². The molecule has 4 nitrogen and oxygen atoms in total. The molecule has 3 aromatic rings. The second-order valence-electron chi connectivity index (χ2n) is 12.6. The molecule has 0 bridgehead atoms. The zero-order valence-corrected chi connectivity index (χ0v) is 22.2. The molecule has 0 atom stereocenters. The third-order valence-electron chi connectivity index (χ3n) is 9.31. The van der Waals surface area contributed by atoms with E-state index < -0.39 is 5.97 Å². The average molecular weight is 483 g/mol. The van der Waals surface area contributed by atoms with Gasteiger partial charge in [-0.3, -0.25) is 4.68 Å². The van der Waals surface area contributed by atoms with Gasteiger partial charge in [-0.2, -0.15) is 5.10 Å². The molecule has 0 aliphatic heterocycles. The molecule has 1 fully saturated rings. The predicted octanol–water partition coefficient (Wildman–Crippen LogP) is 7.87. The maximum absolute atomic E-state index is 11.4. The summed E-state index contributed by atoms with van der Waals surface area (Å²) in [5, 5.41) is 14.7. The minimum Gasteiger partial charge on any atom is -0.478 e. The maximum Gasteiger partial charge on any atom is 0.335 e. The third-order valence-corrected chi connectivity index (χ3v) is 9.31. The number of carboxylic acid groups (broad SMARTS) is 1. The van der Waals surface area contributed by atoms with Crippen LogP contribution in [0.25, 0.3) is 22.5 Å². The Morgan fingerprint density at radius 2 is 1.56 bits per heavy atom. The van der Waals surface area contributed by atoms with E-state index in [1.807, 2.05) is 12.1 Å². The molecule has 1 aromatic heterocycles. The molecule has 0 amide bonds. The lowest BCUT2D eigenvalue weighted by Crippen LogP contribution is -2.34. The molecule has 0 saturated heterocycles. The van der Waals surface area contributed by atoms with Crippen molar-refractivity contribution in [3.63, 3.8) is 0 Å². The van der Waals surface area contributed by atoms with Crippen LogP contribution < -0.4 is 0 Å². The SMILES string of the molecule is CC1(C)CCC(C)(C)c2cc3c(cc21)CCc1c(-c2ccc(C(=O)O)cc2)nn(C2CCCCC2)c1-3. The van der Waals surface area contributed by atoms with Crippen LogP contribution in [0.3, 0.4) is 0 Å². The first kappa shape index (κ1) is 23.5. The van der Waals surface area contributed by atoms with Gasteiger partial charge in [0.1, 0.15) is 0 Å². The molecule has 3 aliphatic carbocycles. The van der Waals surface area contributed by atoms with Crippen LogP contribution in [0.2, 0.25) is 0 Å². The van der Waals surface area contributed by atoms with Crippen molar-refractivity contribution >= 4 is 5.97 Å². The van der Waals surface area contributed by atoms with E-state index in [9.17, 15) is 9.90 Å². The number of hydrogen-bond acceptors (Lipinski definition) is 2. The van der Waals surface area contributed by atoms with Gasteiger partial charge in [-0.25, -0.2) is 4.79 Å². The summed E-state index contributed by atoms with van der Waals surface area (Å²) in [5.74, 6) is -0.888. The van der Waals surface area contributed by atoms with Gasteiger partial charge in [0.2, 0.25) is 0 Å². The Morgan fingerprint density at radius 1 is 0.917 bits per heavy atom. The molecule has 3 aliphatic rings. The molecule has 4 heteroatoms. The molecule has 0 radical (unpaired) electrons. The molecule has 1 saturated carbocycles. The van der Waals surface area contributed by atoms with E-state index in [1.165, 1.54) is 78.5 Å². The van der Waals surface area contributed by atoms with Crippen molar-refractivity contribution in [2.45, 2.75) is 102 Å². The van der Waals surface area contributed by atoms with Gasteiger partial charge >= 0.3 is 5.97 Å². The molecule has 1 heterocycles. The van der Waals surface area contributed by atoms with Crippen molar-refractivity contribution in [1.82, 2.24) is 9.78 Å². The number of aromatic carboxylic acids is 1. The molecular formula is C32H38N2O2. The van der Waals surface area contributed by atoms with Crippen LogP contribution in [0.4, 0.5) is 0 Å². The number of carbonyl (C=O) groups is 1. The lowest BCUT2D eigenvalue weighted by Gasteiger charge is -2.43. The van der Waals surface area contributed by atoms with Gasteiger partial charge in [0.25, 0.3) is 0 Å². The highest BCUT2D eigenvalue weighted by Crippen LogP contribution is 2.50. The van der Waals surface area contributed by atoms with Crippen molar-refractivity contribution in [2.24, 2.45) is 0 Å². The van der Waals surface area contributed by atoms with E-state index in [2.05, 4.69) is 44.5 Å². The van der Waals surface area contributed by atoms with Gasteiger partial charge < -0.3 is 5.11 Å². The lowest BCUT2D eigenvalue weighted by atomic mass is 9.62. The molecule has 1 N–H and O–H groups in total. The van der Waals surface area contributed by atoms with Crippen LogP contribution in [0.5, 0.6) is 0 Å². The maximum atomic E-state index is 11.4. The summed E-state index contributed by atoms with van der Waals surface area (Å²) in [6.45, 7) is 9.63. The number of nitrogens with zero attached hydrogens (tertiary/aromatic N) is 2. The normalized spacial score (nSPS) is 20.3. The molecule has 6 rings (SSSR count). The molecule has 36 heavy (non-hydrogen) atoms. The van der Waals surface area contributed by atoms with Crippen molar-refractivity contribution in [1.29, 1.82) is 0 Å². The first-order valence-electron chi connectivity index (χ1n) is 13.8. The van der Waals surface area contributed by atoms with Crippen LogP contribution in [0.1, 0.15) is 111 Å². The standard InChI is InChI=1S/C32H38N2O2/c1-31(2)16-17-32(3,4)27-19-25-22(18-26(27)31)14-15-24-28(20-10-12-21(13-11-20)30(35)36)33-34(29(24)25)23-8-6-5-7-9-23/h10-13,18-19,23H,5-9,14-17H2,1-4H3,(H,35,36). The summed E-state index contributed by atoms with van der Waals surface area (Å²) in [6, 6.07) is 12.8. The fourth-order valence-corrected chi connectivity index (χ4v) is 6.93. The molecule has 0 spiro atoms. The van der Waals surface area contributed by atoms with E-state index in [0.717, 1.165) is 24.1 Å². The predicted molar refractivity (Wildman–Crippen MR) is 145 cm³/mol. The van der Waals surface area contributed by atoms with Crippen molar-refractivity contribution in [2.75, 3.05) is 0 Å². The zero-order valence-electron chi connectivity index (χ0n) is 22.2. The molecule has 0 unspecified atom stereocenters. The zero-order chi connectivity index (χ0) is 25.2. The topological polar surface area (TPSA) is 55.1 Å². The molecular weight excluding hydrogens is 444 g/mol. The monoisotopic (exact) mass is 482 g/mol. The molecule has 2 aromatic carbocycles. The summed E-state index contributed by atoms with van der Waals surface area (Å²) in [4.78, 5) is 11.4. The quantitative estimate of drug-likeness (QED) is 0.413. The number of aryl methyl sites for hydroxylation is 1. The summed E-state index contributed by atoms with van der Waals surface area (Å²) in [5.41, 5.74) is 11.3. The minimum absolute atomic E-state index is 0.169. The Morgan fingerprint density at radius 3 is 2.19 bits per heavy atom. The summed E-state index contributed by atoms with van der Waals surface area (Å²) in [7, 11) is 0. The van der Waals surface area contributed by atoms with Crippen molar-refractivity contribution < 1.29 is 9.90 Å². The summed E-state index contributed by atoms with van der Waals surface area (Å²) < 4.78 is 2.38. The first-order chi connectivity index (χ1) is 17.2. The Hall–Kier alpha value is -2.88. The van der Waals surface area contributed by atoms with E-state index >= 15 is 0 Å². The second kappa shape index (κ2) is 8.33. The van der Waals surface area contributed by atoms with Crippen LogP contribution >= 0.6 is 0 Å². The van der Waals surface area contributed by atoms with Gasteiger partial charge in [-0.1, -0.05) is 65.2 Å². The van der Waals surface area contributed by atoms with Crippen molar-refractivity contribution in [3.8, 4) is 22.5 Å². The van der Waals surface area contributed by atoms with E-state index in [1.54, 1.807) is 12.1 Å². The van der Waals surface area contributed by atoms with E-state index in [4.69, 9.17) is 5.10 Å². The number of rotatable bonds is 3. The average Bonchev–Trinajstić information content (AvgIpc) is 3.27. The van der Waals surface area contributed by atoms with Crippen LogP contribution in [0, 0.1) is 0 Å². The van der Waals surface area contributed by atoms with Crippen molar-refractivity contribution in [3.05, 3.63) is 64.2 Å². The Bertz CT molecular complexity index is 1340. The van der Waals surface area contributed by atoms with Crippen LogP contribution in [-0.4, -0.2) is 20.9 Å². The number of carboxylic acids is 1. The number of fused-ring (bicyclic) bond motifs is 4. The third kappa shape index (κ3) is 3.72. The number of aromatic nitrogens is 2. The van der Waals surface area contributed by atoms with Crippen LogP contribution in [0.15, 0.2) is 36.4 Å². The largest absolute Gasteiger partial charge is 0.478 e. The van der Waals surface area contributed by atoms with E-state index in [-0.39, 0.29) is 10.8 Å². The second-order valence-corrected chi connectivity index (χ2v) is 12.6. The highest BCUT2D eigenvalue weighted by molar-refractivity contribution is 5.88. The van der Waals surface area contributed by atoms with Crippen LogP contribution in [-0.2, 0) is 23.7 Å². The fourth-order valence-electron chi connectivity index (χ4n) is 6.93. The minimum atomic E-state index is -0.888. The molecule has 188 valence electrons. The van der Waals surface area contributed by atoms with Gasteiger partial charge in [0.05, 0.1) is 23.0 Å². The lowest BCUT2D eigenvalue weighted by molar-refractivity contribution is 0.0697. The Kier molecular flexibility index (Phi) is 5.44. The highest BCUT2D eigenvalue weighted by atomic mass is 16.4. The summed E-state index contributed by atoms with van der Waals surface area (Å²) >= 11 is 0. The van der Waals surface area contributed by atoms with Gasteiger partial charge in [-0.05, 0) is 84.2 Å². The highest BCUT2D eigenvalue weighted by Gasteiger charge is 2.39. The number of benzene rings is 2. The first-order valence-corrected chi connectivity index (χ1v) is 13.8. The Balaban J connectivity index is 1.56. The van der Waals surface area contributed by atoms with Gasteiger partial charge in [0.15, 0.2) is 0 Å². The fraction of sp³-hybridized carbons (Fsp3) is 0.500. The van der Waals surface area contributed by atoms with Gasteiger partial charge in [0, 0.05) is 16.7 Å². The van der Waals surface area contributed by atoms with E-state index in [0.29, 0.717) is 11.6 Å². The smallest absolute Gasteiger partial charge is 0.335 e. The number of hydrogen-bond donors (Lipinski definition) is 1.